The number of carboxylic acid groups (broad SMARTS) is 1. The summed E-state index contributed by atoms with van der Waals surface area (Å²) in [5, 5.41) is 8.39. The number of aliphatic carboxylic acids is 1. The van der Waals surface area contributed by atoms with E-state index in [1.165, 1.54) is 38.5 Å². The average molecular weight is 211 g/mol. The molecular formula is C11H22MgO2. The molecule has 2 radical (unpaired) electrons. The van der Waals surface area contributed by atoms with E-state index in [4.69, 9.17) is 5.11 Å². The SMILES string of the molecule is CCCCCCCCCCC(=O)O.[Mg]. The van der Waals surface area contributed by atoms with Gasteiger partial charge in [0.05, 0.1) is 0 Å². The van der Waals surface area contributed by atoms with Gasteiger partial charge in [0.2, 0.25) is 0 Å². The average Bonchev–Trinajstić information content (AvgIpc) is 2.09. The number of carboxylic acids is 1. The Hall–Kier alpha value is 0.236. The third-order valence-electron chi connectivity index (χ3n) is 2.24. The minimum absolute atomic E-state index is 0. The molecule has 0 aromatic heterocycles. The highest BCUT2D eigenvalue weighted by molar-refractivity contribution is 5.75. The minimum atomic E-state index is -0.661. The molecule has 2 nitrogen and oxygen atoms in total. The maximum absolute atomic E-state index is 10.2. The van der Waals surface area contributed by atoms with Gasteiger partial charge in [0, 0.05) is 29.5 Å². The van der Waals surface area contributed by atoms with Gasteiger partial charge in [-0.05, 0) is 6.42 Å². The van der Waals surface area contributed by atoms with Crippen molar-refractivity contribution in [1.82, 2.24) is 0 Å². The standard InChI is InChI=1S/C11H22O2.Mg/c1-2-3-4-5-6-7-8-9-10-11(12)13;/h2-10H2,1H3,(H,12,13);. The molecule has 0 amide bonds. The zero-order valence-electron chi connectivity index (χ0n) is 9.43. The highest BCUT2D eigenvalue weighted by atomic mass is 24.3. The molecule has 0 aliphatic carbocycles. The molecule has 80 valence electrons. The number of carbonyl (C=O) groups is 1. The van der Waals surface area contributed by atoms with Crippen molar-refractivity contribution in [2.24, 2.45) is 0 Å². The van der Waals surface area contributed by atoms with E-state index in [0.717, 1.165) is 12.8 Å². The van der Waals surface area contributed by atoms with Crippen LogP contribution in [0.15, 0.2) is 0 Å². The molecule has 3 heteroatoms. The fraction of sp³-hybridized carbons (Fsp3) is 0.909. The van der Waals surface area contributed by atoms with E-state index in [-0.39, 0.29) is 23.1 Å². The predicted octanol–water partition coefficient (Wildman–Crippen LogP) is 3.22. The van der Waals surface area contributed by atoms with Gasteiger partial charge in [0.15, 0.2) is 0 Å². The van der Waals surface area contributed by atoms with E-state index < -0.39 is 5.97 Å². The van der Waals surface area contributed by atoms with Gasteiger partial charge < -0.3 is 5.11 Å². The highest BCUT2D eigenvalue weighted by Crippen LogP contribution is 2.09. The fourth-order valence-electron chi connectivity index (χ4n) is 1.41. The molecule has 0 bridgehead atoms. The quantitative estimate of drug-likeness (QED) is 0.469. The topological polar surface area (TPSA) is 37.3 Å². The lowest BCUT2D eigenvalue weighted by Gasteiger charge is -1.99. The summed E-state index contributed by atoms with van der Waals surface area (Å²) in [4.78, 5) is 10.2. The van der Waals surface area contributed by atoms with E-state index in [0.29, 0.717) is 6.42 Å². The lowest BCUT2D eigenvalue weighted by atomic mass is 10.1. The van der Waals surface area contributed by atoms with Crippen LogP contribution in [-0.4, -0.2) is 34.1 Å². The first-order chi connectivity index (χ1) is 6.27. The predicted molar refractivity (Wildman–Crippen MR) is 60.6 cm³/mol. The van der Waals surface area contributed by atoms with Gasteiger partial charge in [-0.3, -0.25) is 4.79 Å². The second-order valence-corrected chi connectivity index (χ2v) is 3.62. The van der Waals surface area contributed by atoms with Crippen LogP contribution < -0.4 is 0 Å². The van der Waals surface area contributed by atoms with E-state index >= 15 is 0 Å². The van der Waals surface area contributed by atoms with Crippen LogP contribution in [0.3, 0.4) is 0 Å². The van der Waals surface area contributed by atoms with Crippen molar-refractivity contribution >= 4 is 29.0 Å². The molecule has 0 rings (SSSR count). The third kappa shape index (κ3) is 14.7. The van der Waals surface area contributed by atoms with Gasteiger partial charge in [-0.1, -0.05) is 51.9 Å². The van der Waals surface area contributed by atoms with E-state index in [9.17, 15) is 4.79 Å². The third-order valence-corrected chi connectivity index (χ3v) is 2.24. The van der Waals surface area contributed by atoms with Crippen molar-refractivity contribution in [3.05, 3.63) is 0 Å². The number of hydrogen-bond donors (Lipinski definition) is 1. The van der Waals surface area contributed by atoms with Gasteiger partial charge in [0.25, 0.3) is 0 Å². The van der Waals surface area contributed by atoms with Crippen molar-refractivity contribution in [3.8, 4) is 0 Å². The van der Waals surface area contributed by atoms with Crippen molar-refractivity contribution in [3.63, 3.8) is 0 Å². The Labute approximate surface area is 104 Å². The van der Waals surface area contributed by atoms with Crippen molar-refractivity contribution < 1.29 is 9.90 Å². The Kier molecular flexibility index (Phi) is 15.7. The number of rotatable bonds is 9. The molecule has 14 heavy (non-hydrogen) atoms. The normalized spacial score (nSPS) is 9.50. The minimum Gasteiger partial charge on any atom is -0.481 e. The lowest BCUT2D eigenvalue weighted by Crippen LogP contribution is -1.93. The molecule has 0 heterocycles. The van der Waals surface area contributed by atoms with Crippen LogP contribution in [0.1, 0.15) is 64.7 Å². The molecule has 0 aliphatic heterocycles. The van der Waals surface area contributed by atoms with Crippen LogP contribution in [0, 0.1) is 0 Å². The summed E-state index contributed by atoms with van der Waals surface area (Å²) < 4.78 is 0. The molecular weight excluding hydrogens is 188 g/mol. The van der Waals surface area contributed by atoms with Crippen LogP contribution in [0.4, 0.5) is 0 Å². The molecule has 0 fully saturated rings. The van der Waals surface area contributed by atoms with Gasteiger partial charge in [-0.25, -0.2) is 0 Å². The highest BCUT2D eigenvalue weighted by Gasteiger charge is 1.95. The molecule has 0 spiro atoms. The number of unbranched alkanes of at least 4 members (excludes halogenated alkanes) is 7. The van der Waals surface area contributed by atoms with Gasteiger partial charge in [-0.15, -0.1) is 0 Å². The number of hydrogen-bond acceptors (Lipinski definition) is 1. The summed E-state index contributed by atoms with van der Waals surface area (Å²) in [6.07, 6.45) is 10.1. The first-order valence-corrected chi connectivity index (χ1v) is 5.49. The first kappa shape index (κ1) is 16.7. The summed E-state index contributed by atoms with van der Waals surface area (Å²) in [6.45, 7) is 2.22. The second-order valence-electron chi connectivity index (χ2n) is 3.62. The lowest BCUT2D eigenvalue weighted by molar-refractivity contribution is -0.137. The Morgan fingerprint density at radius 2 is 1.36 bits per heavy atom. The van der Waals surface area contributed by atoms with E-state index in [2.05, 4.69) is 6.92 Å². The zero-order chi connectivity index (χ0) is 9.94. The monoisotopic (exact) mass is 210 g/mol. The van der Waals surface area contributed by atoms with Crippen molar-refractivity contribution in [2.45, 2.75) is 64.7 Å². The summed E-state index contributed by atoms with van der Waals surface area (Å²) in [6, 6.07) is 0. The Morgan fingerprint density at radius 1 is 0.929 bits per heavy atom. The molecule has 0 saturated carbocycles. The Bertz CT molecular complexity index is 126. The van der Waals surface area contributed by atoms with Crippen molar-refractivity contribution in [1.29, 1.82) is 0 Å². The smallest absolute Gasteiger partial charge is 0.303 e. The zero-order valence-corrected chi connectivity index (χ0v) is 10.8. The summed E-state index contributed by atoms with van der Waals surface area (Å²) in [7, 11) is 0. The molecule has 1 N–H and O–H groups in total. The first-order valence-electron chi connectivity index (χ1n) is 5.49. The maximum atomic E-state index is 10.2. The molecule has 0 unspecified atom stereocenters. The van der Waals surface area contributed by atoms with E-state index in [1.807, 2.05) is 0 Å². The van der Waals surface area contributed by atoms with Crippen LogP contribution in [-0.2, 0) is 4.79 Å². The van der Waals surface area contributed by atoms with E-state index in [1.54, 1.807) is 0 Å². The van der Waals surface area contributed by atoms with Gasteiger partial charge in [-0.2, -0.15) is 0 Å². The largest absolute Gasteiger partial charge is 0.481 e. The molecule has 0 aromatic rings. The van der Waals surface area contributed by atoms with Crippen LogP contribution in [0.5, 0.6) is 0 Å². The second kappa shape index (κ2) is 13.2. The van der Waals surface area contributed by atoms with Crippen LogP contribution in [0.25, 0.3) is 0 Å². The van der Waals surface area contributed by atoms with Crippen LogP contribution >= 0.6 is 0 Å². The van der Waals surface area contributed by atoms with Gasteiger partial charge >= 0.3 is 5.97 Å². The van der Waals surface area contributed by atoms with Crippen LogP contribution in [0.2, 0.25) is 0 Å². The van der Waals surface area contributed by atoms with Crippen molar-refractivity contribution in [2.75, 3.05) is 0 Å². The maximum Gasteiger partial charge on any atom is 0.303 e. The van der Waals surface area contributed by atoms with Gasteiger partial charge in [0.1, 0.15) is 0 Å². The fourth-order valence-corrected chi connectivity index (χ4v) is 1.41. The Morgan fingerprint density at radius 3 is 1.79 bits per heavy atom. The summed E-state index contributed by atoms with van der Waals surface area (Å²) in [5.41, 5.74) is 0. The Balaban J connectivity index is 0. The molecule has 0 aromatic carbocycles. The summed E-state index contributed by atoms with van der Waals surface area (Å²) in [5.74, 6) is -0.661. The molecule has 0 saturated heterocycles. The molecule has 0 atom stereocenters. The molecule has 0 aliphatic rings. The summed E-state index contributed by atoms with van der Waals surface area (Å²) >= 11 is 0.